The van der Waals surface area contributed by atoms with Crippen molar-refractivity contribution in [2.75, 3.05) is 50.8 Å². The van der Waals surface area contributed by atoms with Gasteiger partial charge in [-0.1, -0.05) is 25.5 Å². The lowest BCUT2D eigenvalue weighted by atomic mass is 10.1. The molecule has 5 rings (SSSR count). The van der Waals surface area contributed by atoms with E-state index >= 15 is 0 Å². The predicted molar refractivity (Wildman–Crippen MR) is 169 cm³/mol. The topological polar surface area (TPSA) is 160 Å². The van der Waals surface area contributed by atoms with Crippen LogP contribution in [-0.2, 0) is 33.0 Å². The van der Waals surface area contributed by atoms with Crippen LogP contribution in [0.2, 0.25) is 0 Å². The molecular formula is C29H37N7O6S2. The minimum absolute atomic E-state index is 0.0986. The van der Waals surface area contributed by atoms with Crippen LogP contribution < -0.4 is 15.0 Å². The highest BCUT2D eigenvalue weighted by molar-refractivity contribution is 7.92. The average molecular weight is 644 g/mol. The molecule has 3 heterocycles. The molecule has 2 aromatic heterocycles. The summed E-state index contributed by atoms with van der Waals surface area (Å²) in [5.41, 5.74) is 2.53. The normalized spacial score (nSPS) is 15.1. The van der Waals surface area contributed by atoms with E-state index in [1.165, 1.54) is 16.4 Å². The zero-order valence-corrected chi connectivity index (χ0v) is 26.8. The molecule has 0 unspecified atom stereocenters. The van der Waals surface area contributed by atoms with Gasteiger partial charge >= 0.3 is 0 Å². The number of benzene rings is 2. The number of nitrogens with zero attached hydrogens (tertiary/aromatic N) is 5. The molecule has 0 spiro atoms. The van der Waals surface area contributed by atoms with E-state index in [1.54, 1.807) is 35.0 Å². The number of nitrogens with one attached hydrogen (secondary N) is 2. The first-order valence-electron chi connectivity index (χ1n) is 14.4. The van der Waals surface area contributed by atoms with Crippen molar-refractivity contribution in [2.24, 2.45) is 0 Å². The third-order valence-corrected chi connectivity index (χ3v) is 9.85. The molecule has 0 atom stereocenters. The molecule has 0 amide bonds. The summed E-state index contributed by atoms with van der Waals surface area (Å²) >= 11 is 0. The van der Waals surface area contributed by atoms with Crippen LogP contribution in [0.4, 0.5) is 5.69 Å². The molecule has 1 aliphatic heterocycles. The maximum absolute atomic E-state index is 13.6. The average Bonchev–Trinajstić information content (AvgIpc) is 3.31. The van der Waals surface area contributed by atoms with Crippen molar-refractivity contribution < 1.29 is 21.6 Å². The van der Waals surface area contributed by atoms with E-state index in [-0.39, 0.29) is 22.8 Å². The van der Waals surface area contributed by atoms with E-state index < -0.39 is 25.6 Å². The SMILES string of the molecule is CCCc1nn(Cc2ccc(NS(C)(=O)=O)cc2)c2c(=O)[nH]c(-c3cc(S(=O)(=O)N4CCN(C)CC4)ccc3OCC)nc12. The van der Waals surface area contributed by atoms with E-state index in [2.05, 4.69) is 14.6 Å². The Hall–Kier alpha value is -3.79. The summed E-state index contributed by atoms with van der Waals surface area (Å²) in [6, 6.07) is 11.5. The van der Waals surface area contributed by atoms with Crippen molar-refractivity contribution in [1.29, 1.82) is 0 Å². The molecule has 2 N–H and O–H groups in total. The Bertz CT molecular complexity index is 1930. The molecule has 2 aromatic carbocycles. The van der Waals surface area contributed by atoms with Gasteiger partial charge in [0.05, 0.1) is 35.6 Å². The van der Waals surface area contributed by atoms with Crippen molar-refractivity contribution in [3.63, 3.8) is 0 Å². The quantitative estimate of drug-likeness (QED) is 0.250. The summed E-state index contributed by atoms with van der Waals surface area (Å²) in [6.07, 6.45) is 2.43. The minimum Gasteiger partial charge on any atom is -0.493 e. The summed E-state index contributed by atoms with van der Waals surface area (Å²) in [7, 11) is -5.23. The number of likely N-dealkylation sites (N-methyl/N-ethyl adjacent to an activating group) is 1. The lowest BCUT2D eigenvalue weighted by Gasteiger charge is -2.31. The first-order valence-corrected chi connectivity index (χ1v) is 17.7. The molecular weight excluding hydrogens is 606 g/mol. The number of rotatable bonds is 11. The highest BCUT2D eigenvalue weighted by Gasteiger charge is 2.29. The Balaban J connectivity index is 1.56. The second kappa shape index (κ2) is 12.7. The van der Waals surface area contributed by atoms with Crippen LogP contribution >= 0.6 is 0 Å². The van der Waals surface area contributed by atoms with E-state index in [9.17, 15) is 21.6 Å². The summed E-state index contributed by atoms with van der Waals surface area (Å²) in [5.74, 6) is 0.592. The summed E-state index contributed by atoms with van der Waals surface area (Å²) < 4.78 is 61.5. The number of aromatic nitrogens is 4. The highest BCUT2D eigenvalue weighted by Crippen LogP contribution is 2.32. The van der Waals surface area contributed by atoms with Gasteiger partial charge in [-0.15, -0.1) is 0 Å². The second-order valence-electron chi connectivity index (χ2n) is 10.8. The van der Waals surface area contributed by atoms with Gasteiger partial charge in [-0.2, -0.15) is 9.40 Å². The summed E-state index contributed by atoms with van der Waals surface area (Å²) in [6.45, 7) is 6.48. The van der Waals surface area contributed by atoms with E-state index in [0.717, 1.165) is 18.2 Å². The number of aryl methyl sites for hydroxylation is 1. The Labute approximate surface area is 257 Å². The Morgan fingerprint density at radius 3 is 2.34 bits per heavy atom. The van der Waals surface area contributed by atoms with Gasteiger partial charge in [-0.25, -0.2) is 21.8 Å². The van der Waals surface area contributed by atoms with Gasteiger partial charge in [-0.05, 0) is 56.3 Å². The van der Waals surface area contributed by atoms with Gasteiger partial charge in [0, 0.05) is 31.9 Å². The highest BCUT2D eigenvalue weighted by atomic mass is 32.2. The lowest BCUT2D eigenvalue weighted by molar-refractivity contribution is 0.222. The van der Waals surface area contributed by atoms with E-state index in [1.807, 2.05) is 20.9 Å². The van der Waals surface area contributed by atoms with Crippen molar-refractivity contribution >= 4 is 36.8 Å². The number of fused-ring (bicyclic) bond motifs is 1. The van der Waals surface area contributed by atoms with Crippen LogP contribution in [0.5, 0.6) is 5.75 Å². The van der Waals surface area contributed by atoms with Crippen molar-refractivity contribution in [1.82, 2.24) is 29.0 Å². The Morgan fingerprint density at radius 2 is 1.70 bits per heavy atom. The zero-order valence-electron chi connectivity index (χ0n) is 25.2. The molecule has 236 valence electrons. The number of anilines is 1. The van der Waals surface area contributed by atoms with Gasteiger partial charge in [0.2, 0.25) is 20.0 Å². The number of hydrogen-bond acceptors (Lipinski definition) is 9. The number of hydrogen-bond donors (Lipinski definition) is 2. The van der Waals surface area contributed by atoms with Crippen LogP contribution in [0.25, 0.3) is 22.4 Å². The Kier molecular flexibility index (Phi) is 9.11. The molecule has 0 bridgehead atoms. The molecule has 13 nitrogen and oxygen atoms in total. The largest absolute Gasteiger partial charge is 0.493 e. The predicted octanol–water partition coefficient (Wildman–Crippen LogP) is 2.49. The molecule has 1 aliphatic rings. The van der Waals surface area contributed by atoms with Crippen LogP contribution in [0.1, 0.15) is 31.5 Å². The number of aromatic amines is 1. The fraction of sp³-hybridized carbons (Fsp3) is 0.414. The van der Waals surface area contributed by atoms with Gasteiger partial charge in [0.15, 0.2) is 5.52 Å². The second-order valence-corrected chi connectivity index (χ2v) is 14.5. The molecule has 15 heteroatoms. The fourth-order valence-electron chi connectivity index (χ4n) is 5.18. The summed E-state index contributed by atoms with van der Waals surface area (Å²) in [5, 5.41) is 4.72. The van der Waals surface area contributed by atoms with Gasteiger partial charge in [0.25, 0.3) is 5.56 Å². The van der Waals surface area contributed by atoms with Gasteiger partial charge < -0.3 is 14.6 Å². The molecule has 1 fully saturated rings. The van der Waals surface area contributed by atoms with Crippen LogP contribution in [0, 0.1) is 0 Å². The van der Waals surface area contributed by atoms with Crippen molar-refractivity contribution in [3.05, 3.63) is 64.1 Å². The Morgan fingerprint density at radius 1 is 1.00 bits per heavy atom. The van der Waals surface area contributed by atoms with Crippen LogP contribution in [0.3, 0.4) is 0 Å². The minimum atomic E-state index is -3.78. The van der Waals surface area contributed by atoms with Crippen LogP contribution in [-0.4, -0.2) is 91.9 Å². The smallest absolute Gasteiger partial charge is 0.277 e. The van der Waals surface area contributed by atoms with Gasteiger partial charge in [0.1, 0.15) is 17.1 Å². The molecule has 44 heavy (non-hydrogen) atoms. The van der Waals surface area contributed by atoms with Crippen molar-refractivity contribution in [2.45, 2.75) is 38.1 Å². The van der Waals surface area contributed by atoms with Crippen LogP contribution in [0.15, 0.2) is 52.2 Å². The lowest BCUT2D eigenvalue weighted by Crippen LogP contribution is -2.47. The standard InChI is InChI=1S/C29H37N7O6S2/c1-5-7-24-26-27(36(32-24)19-20-8-10-21(11-9-20)33-43(4,38)39)29(37)31-28(30-26)23-18-22(12-13-25(23)42-6-2)44(40,41)35-16-14-34(3)15-17-35/h8-13,18,33H,5-7,14-17,19H2,1-4H3,(H,30,31,37). The first-order chi connectivity index (χ1) is 20.9. The third kappa shape index (κ3) is 6.80. The number of H-pyrrole nitrogens is 1. The molecule has 0 saturated carbocycles. The third-order valence-electron chi connectivity index (χ3n) is 7.35. The van der Waals surface area contributed by atoms with E-state index in [0.29, 0.717) is 67.4 Å². The number of piperazine rings is 1. The molecule has 4 aromatic rings. The van der Waals surface area contributed by atoms with E-state index in [4.69, 9.17) is 14.8 Å². The number of ether oxygens (including phenoxy) is 1. The van der Waals surface area contributed by atoms with Gasteiger partial charge in [-0.3, -0.25) is 14.2 Å². The maximum Gasteiger partial charge on any atom is 0.277 e. The monoisotopic (exact) mass is 643 g/mol. The van der Waals surface area contributed by atoms with Crippen molar-refractivity contribution in [3.8, 4) is 17.1 Å². The molecule has 1 saturated heterocycles. The summed E-state index contributed by atoms with van der Waals surface area (Å²) in [4.78, 5) is 23.5. The fourth-order valence-corrected chi connectivity index (χ4v) is 7.19. The zero-order chi connectivity index (χ0) is 31.6. The number of sulfonamides is 2. The molecule has 0 aliphatic carbocycles. The molecule has 0 radical (unpaired) electrons. The maximum atomic E-state index is 13.6. The first kappa shape index (κ1) is 31.6.